The Morgan fingerprint density at radius 1 is 1.26 bits per heavy atom. The van der Waals surface area contributed by atoms with Gasteiger partial charge >= 0.3 is 11.8 Å². The van der Waals surface area contributed by atoms with E-state index in [1.807, 2.05) is 11.4 Å². The molecule has 7 heteroatoms. The predicted octanol–water partition coefficient (Wildman–Crippen LogP) is 1.72. The zero-order chi connectivity index (χ0) is 16.9. The number of nitrogens with one attached hydrogen (secondary N) is 2. The molecule has 23 heavy (non-hydrogen) atoms. The van der Waals surface area contributed by atoms with Crippen LogP contribution in [0, 0.1) is 0 Å². The summed E-state index contributed by atoms with van der Waals surface area (Å²) in [6.45, 7) is 1.52. The number of hydrogen-bond acceptors (Lipinski definition) is 5. The first-order valence-electron chi connectivity index (χ1n) is 6.92. The van der Waals surface area contributed by atoms with E-state index in [1.54, 1.807) is 37.3 Å². The Balaban J connectivity index is 1.91. The van der Waals surface area contributed by atoms with Crippen LogP contribution in [-0.2, 0) is 15.2 Å². The number of benzene rings is 1. The number of aliphatic hydroxyl groups is 1. The molecule has 0 aliphatic heterocycles. The molecular weight excluding hydrogens is 316 g/mol. The van der Waals surface area contributed by atoms with Gasteiger partial charge in [-0.25, -0.2) is 0 Å². The summed E-state index contributed by atoms with van der Waals surface area (Å²) < 4.78 is 5.05. The van der Waals surface area contributed by atoms with E-state index in [9.17, 15) is 14.7 Å². The van der Waals surface area contributed by atoms with Crippen molar-refractivity contribution in [2.75, 3.05) is 19.0 Å². The molecule has 2 amide bonds. The van der Waals surface area contributed by atoms with E-state index in [4.69, 9.17) is 4.74 Å². The summed E-state index contributed by atoms with van der Waals surface area (Å²) in [6, 6.07) is 10.3. The normalized spacial score (nSPS) is 13.0. The van der Waals surface area contributed by atoms with E-state index < -0.39 is 17.4 Å². The summed E-state index contributed by atoms with van der Waals surface area (Å²) >= 11 is 1.38. The quantitative estimate of drug-likeness (QED) is 0.727. The van der Waals surface area contributed by atoms with Gasteiger partial charge < -0.3 is 20.5 Å². The Morgan fingerprint density at radius 2 is 2.04 bits per heavy atom. The highest BCUT2D eigenvalue weighted by Crippen LogP contribution is 2.24. The molecule has 0 saturated carbocycles. The topological polar surface area (TPSA) is 87.7 Å². The summed E-state index contributed by atoms with van der Waals surface area (Å²) in [7, 11) is 1.51. The van der Waals surface area contributed by atoms with Gasteiger partial charge in [0.15, 0.2) is 0 Å². The number of hydrogen-bond donors (Lipinski definition) is 3. The molecule has 1 unspecified atom stereocenters. The van der Waals surface area contributed by atoms with Gasteiger partial charge in [-0.2, -0.15) is 0 Å². The predicted molar refractivity (Wildman–Crippen MR) is 88.5 cm³/mol. The van der Waals surface area contributed by atoms with E-state index in [0.717, 1.165) is 0 Å². The summed E-state index contributed by atoms with van der Waals surface area (Å²) in [5.74, 6) is -1.05. The van der Waals surface area contributed by atoms with Crippen LogP contribution < -0.4 is 15.4 Å². The molecule has 1 aromatic carbocycles. The molecule has 0 saturated heterocycles. The lowest BCUT2D eigenvalue weighted by molar-refractivity contribution is -0.136. The van der Waals surface area contributed by atoms with Gasteiger partial charge in [-0.15, -0.1) is 11.3 Å². The lowest BCUT2D eigenvalue weighted by Gasteiger charge is -2.22. The highest BCUT2D eigenvalue weighted by molar-refractivity contribution is 7.10. The smallest absolute Gasteiger partial charge is 0.313 e. The van der Waals surface area contributed by atoms with Gasteiger partial charge in [-0.3, -0.25) is 9.59 Å². The van der Waals surface area contributed by atoms with Crippen molar-refractivity contribution in [3.8, 4) is 5.75 Å². The molecule has 6 nitrogen and oxygen atoms in total. The number of thiophene rings is 1. The molecule has 0 bridgehead atoms. The van der Waals surface area contributed by atoms with Crippen LogP contribution in [-0.4, -0.2) is 30.6 Å². The van der Waals surface area contributed by atoms with Crippen molar-refractivity contribution in [1.82, 2.24) is 5.32 Å². The van der Waals surface area contributed by atoms with E-state index in [2.05, 4.69) is 10.6 Å². The van der Waals surface area contributed by atoms with Crippen molar-refractivity contribution in [3.05, 3.63) is 46.7 Å². The second-order valence-electron chi connectivity index (χ2n) is 5.12. The second-order valence-corrected chi connectivity index (χ2v) is 6.07. The summed E-state index contributed by atoms with van der Waals surface area (Å²) in [4.78, 5) is 24.4. The monoisotopic (exact) mass is 334 g/mol. The first-order chi connectivity index (χ1) is 10.9. The van der Waals surface area contributed by atoms with Gasteiger partial charge in [-0.1, -0.05) is 12.1 Å². The molecular formula is C16H18N2O4S. The Labute approximate surface area is 138 Å². The zero-order valence-electron chi connectivity index (χ0n) is 12.8. The third kappa shape index (κ3) is 4.54. The minimum atomic E-state index is -1.22. The van der Waals surface area contributed by atoms with Crippen LogP contribution in [0.4, 0.5) is 5.69 Å². The fraction of sp³-hybridized carbons (Fsp3) is 0.250. The van der Waals surface area contributed by atoms with Gasteiger partial charge in [0.25, 0.3) is 0 Å². The van der Waals surface area contributed by atoms with Crippen molar-refractivity contribution in [2.45, 2.75) is 12.5 Å². The van der Waals surface area contributed by atoms with Crippen LogP contribution in [0.25, 0.3) is 0 Å². The van der Waals surface area contributed by atoms with Crippen molar-refractivity contribution < 1.29 is 19.4 Å². The van der Waals surface area contributed by atoms with Gasteiger partial charge in [0, 0.05) is 16.6 Å². The molecule has 0 spiro atoms. The molecule has 3 N–H and O–H groups in total. The van der Waals surface area contributed by atoms with Crippen molar-refractivity contribution in [3.63, 3.8) is 0 Å². The number of anilines is 1. The van der Waals surface area contributed by atoms with Gasteiger partial charge in [0.1, 0.15) is 11.4 Å². The molecule has 2 rings (SSSR count). The summed E-state index contributed by atoms with van der Waals surface area (Å²) in [5, 5.41) is 17.1. The van der Waals surface area contributed by atoms with Crippen LogP contribution >= 0.6 is 11.3 Å². The van der Waals surface area contributed by atoms with Crippen molar-refractivity contribution in [2.24, 2.45) is 0 Å². The average Bonchev–Trinajstić information content (AvgIpc) is 3.08. The maximum absolute atomic E-state index is 11.9. The molecule has 0 fully saturated rings. The summed E-state index contributed by atoms with van der Waals surface area (Å²) in [5.41, 5.74) is -0.769. The summed E-state index contributed by atoms with van der Waals surface area (Å²) in [6.07, 6.45) is 0. The van der Waals surface area contributed by atoms with Crippen molar-refractivity contribution in [1.29, 1.82) is 0 Å². The fourth-order valence-electron chi connectivity index (χ4n) is 1.89. The number of methoxy groups -OCH3 is 1. The Morgan fingerprint density at radius 3 is 2.70 bits per heavy atom. The lowest BCUT2D eigenvalue weighted by Crippen LogP contribution is -2.42. The molecule has 2 aromatic rings. The Bertz CT molecular complexity index is 683. The van der Waals surface area contributed by atoms with E-state index in [1.165, 1.54) is 18.4 Å². The number of amides is 2. The van der Waals surface area contributed by atoms with Crippen LogP contribution in [0.15, 0.2) is 41.8 Å². The molecule has 0 radical (unpaired) electrons. The van der Waals surface area contributed by atoms with Crippen LogP contribution in [0.3, 0.4) is 0 Å². The van der Waals surface area contributed by atoms with E-state index >= 15 is 0 Å². The number of ether oxygens (including phenoxy) is 1. The van der Waals surface area contributed by atoms with Crippen LogP contribution in [0.5, 0.6) is 5.75 Å². The van der Waals surface area contributed by atoms with Crippen molar-refractivity contribution >= 4 is 28.8 Å². The molecule has 1 heterocycles. The maximum atomic E-state index is 11.9. The highest BCUT2D eigenvalue weighted by Gasteiger charge is 2.26. The minimum absolute atomic E-state index is 0.0577. The number of carbonyl (C=O) groups is 2. The highest BCUT2D eigenvalue weighted by atomic mass is 32.1. The van der Waals surface area contributed by atoms with E-state index in [0.29, 0.717) is 16.3 Å². The Hall–Kier alpha value is -2.38. The second kappa shape index (κ2) is 7.26. The van der Waals surface area contributed by atoms with E-state index in [-0.39, 0.29) is 6.54 Å². The average molecular weight is 334 g/mol. The van der Waals surface area contributed by atoms with Crippen LogP contribution in [0.1, 0.15) is 11.8 Å². The maximum Gasteiger partial charge on any atom is 0.313 e. The lowest BCUT2D eigenvalue weighted by atomic mass is 10.1. The first-order valence-corrected chi connectivity index (χ1v) is 7.80. The van der Waals surface area contributed by atoms with Gasteiger partial charge in [0.05, 0.1) is 13.7 Å². The molecule has 0 aliphatic rings. The van der Waals surface area contributed by atoms with Crippen LogP contribution in [0.2, 0.25) is 0 Å². The van der Waals surface area contributed by atoms with Gasteiger partial charge in [0.2, 0.25) is 0 Å². The molecule has 1 aromatic heterocycles. The standard InChI is InChI=1S/C16H18N2O4S/c1-16(21,13-7-4-8-23-13)10-17-14(19)15(20)18-11-5-3-6-12(9-11)22-2/h3-9,21H,10H2,1-2H3,(H,17,19)(H,18,20). The SMILES string of the molecule is COc1cccc(NC(=O)C(=O)NCC(C)(O)c2cccs2)c1. The number of rotatable bonds is 5. The minimum Gasteiger partial charge on any atom is -0.497 e. The third-order valence-corrected chi connectivity index (χ3v) is 4.30. The van der Waals surface area contributed by atoms with Gasteiger partial charge in [-0.05, 0) is 30.5 Å². The largest absolute Gasteiger partial charge is 0.497 e. The first kappa shape index (κ1) is 17.0. The zero-order valence-corrected chi connectivity index (χ0v) is 13.6. The Kier molecular flexibility index (Phi) is 5.36. The molecule has 1 atom stereocenters. The molecule has 0 aliphatic carbocycles. The fourth-order valence-corrected chi connectivity index (χ4v) is 2.68. The molecule has 122 valence electrons. The third-order valence-electron chi connectivity index (χ3n) is 3.18. The number of carbonyl (C=O) groups excluding carboxylic acids is 2.